The summed E-state index contributed by atoms with van der Waals surface area (Å²) >= 11 is 0. The van der Waals surface area contributed by atoms with Crippen LogP contribution in [0.5, 0.6) is 0 Å². The SMILES string of the molecule is Cn1cc(-c2ccc3c(c2)CC[C@]32OC(=O)N(CC(=O)N3Cc4ccc(F)cc4CC[C@H]3C3(O)CC3)C2=O)cn1. The summed E-state index contributed by atoms with van der Waals surface area (Å²) in [5, 5.41) is 15.3. The number of carbonyl (C=O) groups is 3. The lowest BCUT2D eigenvalue weighted by atomic mass is 9.93. The Balaban J connectivity index is 1.15. The quantitative estimate of drug-likeness (QED) is 0.541. The van der Waals surface area contributed by atoms with E-state index in [0.717, 1.165) is 32.7 Å². The Kier molecular flexibility index (Phi) is 5.44. The number of aliphatic hydroxyl groups is 1. The van der Waals surface area contributed by atoms with Crippen LogP contribution >= 0.6 is 0 Å². The summed E-state index contributed by atoms with van der Waals surface area (Å²) in [6.45, 7) is -0.310. The molecule has 3 amide bonds. The van der Waals surface area contributed by atoms with Crippen molar-refractivity contribution < 1.29 is 28.6 Å². The minimum atomic E-state index is -1.45. The fraction of sp³-hybridized carbons (Fsp3) is 0.400. The standard InChI is InChI=1S/C30H29FN4O5/c1-33-15-22(14-32-33)18-3-6-24-20(12-18)8-9-30(24)27(37)35(28(38)40-30)17-26(36)34-16-21-2-5-23(31)13-19(21)4-7-25(34)29(39)10-11-29/h2-3,5-6,12-15,25,39H,4,7-11,16-17H2,1H3/t25-,30-/m0/s1. The molecule has 1 N–H and O–H groups in total. The number of aromatic nitrogens is 2. The van der Waals surface area contributed by atoms with Gasteiger partial charge in [0.1, 0.15) is 12.4 Å². The van der Waals surface area contributed by atoms with Crippen molar-refractivity contribution in [3.8, 4) is 11.1 Å². The summed E-state index contributed by atoms with van der Waals surface area (Å²) in [5.74, 6) is -1.34. The molecule has 2 aliphatic heterocycles. The normalized spacial score (nSPS) is 24.6. The van der Waals surface area contributed by atoms with Crippen LogP contribution in [0.1, 0.15) is 47.9 Å². The number of aryl methyl sites for hydroxylation is 3. The van der Waals surface area contributed by atoms with E-state index in [1.807, 2.05) is 31.4 Å². The van der Waals surface area contributed by atoms with E-state index in [-0.39, 0.29) is 12.4 Å². The number of benzene rings is 2. The minimum Gasteiger partial charge on any atom is -0.427 e. The van der Waals surface area contributed by atoms with Crippen LogP contribution in [0.15, 0.2) is 48.8 Å². The molecule has 1 spiro atoms. The van der Waals surface area contributed by atoms with Gasteiger partial charge in [0.25, 0.3) is 5.91 Å². The number of hydrogen-bond acceptors (Lipinski definition) is 6. The second-order valence-electron chi connectivity index (χ2n) is 11.5. The van der Waals surface area contributed by atoms with Crippen molar-refractivity contribution in [2.45, 2.75) is 62.3 Å². The van der Waals surface area contributed by atoms with Crippen LogP contribution in [0.2, 0.25) is 0 Å². The first-order valence-electron chi connectivity index (χ1n) is 13.6. The number of nitrogens with zero attached hydrogens (tertiary/aromatic N) is 4. The maximum absolute atomic E-state index is 13.9. The molecular weight excluding hydrogens is 515 g/mol. The van der Waals surface area contributed by atoms with Crippen LogP contribution in [-0.4, -0.2) is 60.8 Å². The first-order valence-corrected chi connectivity index (χ1v) is 13.6. The van der Waals surface area contributed by atoms with Crippen molar-refractivity contribution >= 4 is 17.9 Å². The summed E-state index contributed by atoms with van der Waals surface area (Å²) in [4.78, 5) is 43.1. The number of amides is 3. The number of fused-ring (bicyclic) bond motifs is 3. The molecule has 9 nitrogen and oxygen atoms in total. The van der Waals surface area contributed by atoms with Crippen LogP contribution in [-0.2, 0) is 46.4 Å². The molecule has 0 bridgehead atoms. The van der Waals surface area contributed by atoms with Crippen LogP contribution in [0.3, 0.4) is 0 Å². The molecule has 2 fully saturated rings. The van der Waals surface area contributed by atoms with Crippen molar-refractivity contribution in [2.24, 2.45) is 7.05 Å². The van der Waals surface area contributed by atoms with E-state index in [1.54, 1.807) is 21.8 Å². The van der Waals surface area contributed by atoms with Gasteiger partial charge < -0.3 is 14.7 Å². The predicted molar refractivity (Wildman–Crippen MR) is 140 cm³/mol. The first kappa shape index (κ1) is 25.0. The van der Waals surface area contributed by atoms with Crippen molar-refractivity contribution in [1.82, 2.24) is 19.6 Å². The molecule has 2 aromatic carbocycles. The molecule has 3 aromatic rings. The molecule has 1 aromatic heterocycles. The third-order valence-corrected chi connectivity index (χ3v) is 8.97. The van der Waals surface area contributed by atoms with Crippen molar-refractivity contribution in [3.63, 3.8) is 0 Å². The molecule has 1 saturated heterocycles. The number of imide groups is 1. The Morgan fingerprint density at radius 2 is 1.90 bits per heavy atom. The number of halogens is 1. The molecule has 0 radical (unpaired) electrons. The van der Waals surface area contributed by atoms with Crippen molar-refractivity contribution in [1.29, 1.82) is 0 Å². The molecule has 206 valence electrons. The lowest BCUT2D eigenvalue weighted by Crippen LogP contribution is -2.51. The largest absolute Gasteiger partial charge is 0.427 e. The van der Waals surface area contributed by atoms with Gasteiger partial charge in [0, 0.05) is 37.3 Å². The van der Waals surface area contributed by atoms with Gasteiger partial charge in [0.05, 0.1) is 17.8 Å². The van der Waals surface area contributed by atoms with E-state index in [4.69, 9.17) is 4.74 Å². The van der Waals surface area contributed by atoms with Gasteiger partial charge in [-0.15, -0.1) is 0 Å². The first-order chi connectivity index (χ1) is 19.2. The topological polar surface area (TPSA) is 105 Å². The van der Waals surface area contributed by atoms with Gasteiger partial charge >= 0.3 is 6.09 Å². The molecule has 2 atom stereocenters. The summed E-state index contributed by atoms with van der Waals surface area (Å²) in [7, 11) is 1.84. The second-order valence-corrected chi connectivity index (χ2v) is 11.5. The molecule has 7 rings (SSSR count). The summed E-state index contributed by atoms with van der Waals surface area (Å²) in [6.07, 6.45) is 5.81. The van der Waals surface area contributed by atoms with Gasteiger partial charge in [-0.25, -0.2) is 14.1 Å². The summed E-state index contributed by atoms with van der Waals surface area (Å²) in [5.41, 5.74) is 2.60. The number of rotatable bonds is 4. The van der Waals surface area contributed by atoms with E-state index in [0.29, 0.717) is 44.1 Å². The molecule has 40 heavy (non-hydrogen) atoms. The fourth-order valence-corrected chi connectivity index (χ4v) is 6.63. The minimum absolute atomic E-state index is 0.170. The van der Waals surface area contributed by atoms with Gasteiger partial charge in [-0.1, -0.05) is 24.3 Å². The van der Waals surface area contributed by atoms with Gasteiger partial charge in [-0.3, -0.25) is 14.3 Å². The monoisotopic (exact) mass is 544 g/mol. The lowest BCUT2D eigenvalue weighted by Gasteiger charge is -2.34. The highest BCUT2D eigenvalue weighted by molar-refractivity contribution is 6.06. The van der Waals surface area contributed by atoms with E-state index in [2.05, 4.69) is 5.10 Å². The van der Waals surface area contributed by atoms with Crippen LogP contribution in [0.4, 0.5) is 9.18 Å². The highest BCUT2D eigenvalue weighted by Gasteiger charge is 2.59. The van der Waals surface area contributed by atoms with Crippen LogP contribution in [0, 0.1) is 5.82 Å². The maximum atomic E-state index is 13.9. The highest BCUT2D eigenvalue weighted by Crippen LogP contribution is 2.47. The van der Waals surface area contributed by atoms with Gasteiger partial charge in [-0.05, 0) is 66.5 Å². The predicted octanol–water partition coefficient (Wildman–Crippen LogP) is 3.22. The number of carbonyl (C=O) groups excluding carboxylic acids is 3. The molecule has 10 heteroatoms. The fourth-order valence-electron chi connectivity index (χ4n) is 6.63. The molecule has 1 saturated carbocycles. The van der Waals surface area contributed by atoms with Gasteiger partial charge in [0.2, 0.25) is 11.5 Å². The summed E-state index contributed by atoms with van der Waals surface area (Å²) < 4.78 is 21.4. The molecule has 3 heterocycles. The van der Waals surface area contributed by atoms with E-state index in [1.165, 1.54) is 12.1 Å². The molecule has 4 aliphatic rings. The zero-order valence-corrected chi connectivity index (χ0v) is 22.1. The Morgan fingerprint density at radius 3 is 2.65 bits per heavy atom. The molecule has 2 aliphatic carbocycles. The third-order valence-electron chi connectivity index (χ3n) is 8.97. The Morgan fingerprint density at radius 1 is 1.07 bits per heavy atom. The average molecular weight is 545 g/mol. The third kappa shape index (κ3) is 3.84. The van der Waals surface area contributed by atoms with Crippen LogP contribution < -0.4 is 0 Å². The molecular formula is C30H29FN4O5. The Hall–Kier alpha value is -4.05. The Bertz CT molecular complexity index is 1580. The Labute approximate surface area is 230 Å². The lowest BCUT2D eigenvalue weighted by molar-refractivity contribution is -0.144. The highest BCUT2D eigenvalue weighted by atomic mass is 19.1. The van der Waals surface area contributed by atoms with Gasteiger partial charge in [-0.2, -0.15) is 5.10 Å². The second kappa shape index (κ2) is 8.72. The van der Waals surface area contributed by atoms with Crippen molar-refractivity contribution in [3.05, 3.63) is 76.9 Å². The zero-order chi connectivity index (χ0) is 27.8. The zero-order valence-electron chi connectivity index (χ0n) is 22.1. The van der Waals surface area contributed by atoms with E-state index in [9.17, 15) is 23.9 Å². The molecule has 0 unspecified atom stereocenters. The maximum Gasteiger partial charge on any atom is 0.418 e. The van der Waals surface area contributed by atoms with Crippen molar-refractivity contribution in [2.75, 3.05) is 6.54 Å². The number of hydrogen-bond donors (Lipinski definition) is 1. The van der Waals surface area contributed by atoms with E-state index < -0.39 is 41.7 Å². The van der Waals surface area contributed by atoms with Gasteiger partial charge in [0.15, 0.2) is 0 Å². The summed E-state index contributed by atoms with van der Waals surface area (Å²) in [6, 6.07) is 9.70. The van der Waals surface area contributed by atoms with E-state index >= 15 is 0 Å². The average Bonchev–Trinajstić information content (AvgIpc) is 3.33. The number of ether oxygens (including phenoxy) is 1. The smallest absolute Gasteiger partial charge is 0.418 e. The van der Waals surface area contributed by atoms with Crippen LogP contribution in [0.25, 0.3) is 11.1 Å².